The summed E-state index contributed by atoms with van der Waals surface area (Å²) in [6.45, 7) is 0.407. The molecule has 166 valence electrons. The minimum Gasteiger partial charge on any atom is -0.481 e. The Labute approximate surface area is 192 Å². The first-order valence-corrected chi connectivity index (χ1v) is 11.0. The number of carboxylic acid groups (broad SMARTS) is 1. The lowest BCUT2D eigenvalue weighted by Crippen LogP contribution is -2.22. The first-order valence-electron chi connectivity index (χ1n) is 11.0. The highest BCUT2D eigenvalue weighted by atomic mass is 16.4. The number of carbonyl (C=O) groups is 2. The van der Waals surface area contributed by atoms with Gasteiger partial charge in [-0.1, -0.05) is 36.4 Å². The molecule has 2 heterocycles. The molecule has 1 amide bonds. The molecule has 0 aliphatic rings. The molecule has 0 radical (unpaired) electrons. The number of pyridine rings is 2. The Hall–Kier alpha value is -4.06. The number of aryl methyl sites for hydroxylation is 1. The van der Waals surface area contributed by atoms with Gasteiger partial charge in [0.2, 0.25) is 0 Å². The summed E-state index contributed by atoms with van der Waals surface area (Å²) in [5, 5.41) is 12.7. The maximum absolute atomic E-state index is 12.7. The molecule has 0 aliphatic carbocycles. The van der Waals surface area contributed by atoms with E-state index in [0.717, 1.165) is 46.1 Å². The molecule has 2 aromatic carbocycles. The van der Waals surface area contributed by atoms with Gasteiger partial charge in [0.1, 0.15) is 0 Å². The smallest absolute Gasteiger partial charge is 0.303 e. The van der Waals surface area contributed by atoms with Crippen LogP contribution in [0.15, 0.2) is 79.1 Å². The van der Waals surface area contributed by atoms with Gasteiger partial charge in [-0.3, -0.25) is 14.6 Å². The molecule has 6 nitrogen and oxygen atoms in total. The van der Waals surface area contributed by atoms with E-state index in [9.17, 15) is 9.59 Å². The first kappa shape index (κ1) is 22.1. The molecule has 0 saturated heterocycles. The fourth-order valence-electron chi connectivity index (χ4n) is 3.78. The quantitative estimate of drug-likeness (QED) is 0.357. The molecule has 0 bridgehead atoms. The Balaban J connectivity index is 1.60. The van der Waals surface area contributed by atoms with Crippen molar-refractivity contribution in [2.75, 3.05) is 0 Å². The Bertz CT molecular complexity index is 1260. The Morgan fingerprint density at radius 3 is 2.55 bits per heavy atom. The second-order valence-electron chi connectivity index (χ2n) is 7.91. The number of hydrogen-bond acceptors (Lipinski definition) is 4. The van der Waals surface area contributed by atoms with E-state index in [0.29, 0.717) is 18.5 Å². The summed E-state index contributed by atoms with van der Waals surface area (Å²) in [5.74, 6) is -0.937. The highest BCUT2D eigenvalue weighted by Crippen LogP contribution is 2.27. The van der Waals surface area contributed by atoms with Crippen molar-refractivity contribution in [1.29, 1.82) is 0 Å². The van der Waals surface area contributed by atoms with E-state index in [4.69, 9.17) is 10.1 Å². The zero-order valence-corrected chi connectivity index (χ0v) is 18.2. The standard InChI is InChI=1S/C27H25N3O3/c31-25(32)11-5-4-10-21-15-23-16-22(27(33)29-18-19-7-6-14-28-17-19)12-13-24(23)30-26(21)20-8-2-1-3-9-20/h1-3,6-9,12-17H,4-5,10-11,18H2,(H,29,33)(H,31,32). The average Bonchev–Trinajstić information content (AvgIpc) is 2.85. The van der Waals surface area contributed by atoms with Crippen LogP contribution in [0.4, 0.5) is 0 Å². The molecule has 4 aromatic rings. The summed E-state index contributed by atoms with van der Waals surface area (Å²) in [6, 6.07) is 21.3. The molecule has 2 N–H and O–H groups in total. The van der Waals surface area contributed by atoms with Crippen molar-refractivity contribution in [3.8, 4) is 11.3 Å². The van der Waals surface area contributed by atoms with Crippen molar-refractivity contribution in [3.63, 3.8) is 0 Å². The average molecular weight is 440 g/mol. The SMILES string of the molecule is O=C(O)CCCCc1cc2cc(C(=O)NCc3cccnc3)ccc2nc1-c1ccccc1. The Morgan fingerprint density at radius 2 is 1.79 bits per heavy atom. The molecular weight excluding hydrogens is 414 g/mol. The van der Waals surface area contributed by atoms with E-state index in [-0.39, 0.29) is 12.3 Å². The molecule has 2 aromatic heterocycles. The molecule has 0 unspecified atom stereocenters. The second kappa shape index (κ2) is 10.5. The number of hydrogen-bond donors (Lipinski definition) is 2. The number of rotatable bonds is 9. The van der Waals surface area contributed by atoms with Gasteiger partial charge in [-0.05, 0) is 60.7 Å². The van der Waals surface area contributed by atoms with Crippen molar-refractivity contribution >= 4 is 22.8 Å². The van der Waals surface area contributed by atoms with Gasteiger partial charge in [-0.2, -0.15) is 0 Å². The molecule has 0 saturated carbocycles. The van der Waals surface area contributed by atoms with Crippen molar-refractivity contribution in [2.45, 2.75) is 32.2 Å². The third-order valence-electron chi connectivity index (χ3n) is 5.47. The van der Waals surface area contributed by atoms with E-state index in [1.54, 1.807) is 18.5 Å². The third kappa shape index (κ3) is 5.80. The summed E-state index contributed by atoms with van der Waals surface area (Å²) in [7, 11) is 0. The van der Waals surface area contributed by atoms with E-state index < -0.39 is 5.97 Å². The molecule has 0 fully saturated rings. The summed E-state index contributed by atoms with van der Waals surface area (Å²) < 4.78 is 0. The lowest BCUT2D eigenvalue weighted by atomic mass is 9.98. The summed E-state index contributed by atoms with van der Waals surface area (Å²) in [6.07, 6.45) is 5.67. The number of amides is 1. The fraction of sp³-hybridized carbons (Fsp3) is 0.185. The van der Waals surface area contributed by atoms with Crippen LogP contribution in [0.5, 0.6) is 0 Å². The van der Waals surface area contributed by atoms with Crippen LogP contribution < -0.4 is 5.32 Å². The number of aliphatic carboxylic acids is 1. The van der Waals surface area contributed by atoms with E-state index in [1.807, 2.05) is 54.6 Å². The summed E-state index contributed by atoms with van der Waals surface area (Å²) >= 11 is 0. The van der Waals surface area contributed by atoms with Gasteiger partial charge in [0.25, 0.3) is 5.91 Å². The van der Waals surface area contributed by atoms with Gasteiger partial charge in [-0.25, -0.2) is 4.98 Å². The van der Waals surface area contributed by atoms with Crippen LogP contribution in [0.25, 0.3) is 22.2 Å². The van der Waals surface area contributed by atoms with Gasteiger partial charge >= 0.3 is 5.97 Å². The first-order chi connectivity index (χ1) is 16.1. The Kier molecular flexibility index (Phi) is 7.05. The minimum absolute atomic E-state index is 0.156. The number of nitrogens with zero attached hydrogens (tertiary/aromatic N) is 2. The molecule has 0 spiro atoms. The van der Waals surface area contributed by atoms with Crippen molar-refractivity contribution in [2.24, 2.45) is 0 Å². The van der Waals surface area contributed by atoms with Crippen LogP contribution in [-0.4, -0.2) is 27.0 Å². The highest BCUT2D eigenvalue weighted by Gasteiger charge is 2.12. The minimum atomic E-state index is -0.781. The number of aromatic nitrogens is 2. The maximum Gasteiger partial charge on any atom is 0.303 e. The molecule has 0 aliphatic heterocycles. The number of fused-ring (bicyclic) bond motifs is 1. The monoisotopic (exact) mass is 439 g/mol. The summed E-state index contributed by atoms with van der Waals surface area (Å²) in [4.78, 5) is 32.5. The number of benzene rings is 2. The third-order valence-corrected chi connectivity index (χ3v) is 5.47. The number of carbonyl (C=O) groups excluding carboxylic acids is 1. The predicted molar refractivity (Wildman–Crippen MR) is 128 cm³/mol. The van der Waals surface area contributed by atoms with Crippen LogP contribution in [-0.2, 0) is 17.8 Å². The number of carboxylic acids is 1. The van der Waals surface area contributed by atoms with Crippen molar-refractivity contribution in [1.82, 2.24) is 15.3 Å². The maximum atomic E-state index is 12.7. The van der Waals surface area contributed by atoms with Crippen LogP contribution in [0.1, 0.15) is 40.7 Å². The number of nitrogens with one attached hydrogen (secondary N) is 1. The van der Waals surface area contributed by atoms with Gasteiger partial charge in [0.15, 0.2) is 0 Å². The van der Waals surface area contributed by atoms with Gasteiger partial charge in [0, 0.05) is 41.9 Å². The zero-order valence-electron chi connectivity index (χ0n) is 18.2. The van der Waals surface area contributed by atoms with Crippen LogP contribution in [0, 0.1) is 0 Å². The number of unbranched alkanes of at least 4 members (excludes halogenated alkanes) is 1. The molecule has 0 atom stereocenters. The normalized spacial score (nSPS) is 10.8. The fourth-order valence-corrected chi connectivity index (χ4v) is 3.78. The summed E-state index contributed by atoms with van der Waals surface area (Å²) in [5.41, 5.74) is 5.28. The van der Waals surface area contributed by atoms with Gasteiger partial charge < -0.3 is 10.4 Å². The lowest BCUT2D eigenvalue weighted by molar-refractivity contribution is -0.137. The second-order valence-corrected chi connectivity index (χ2v) is 7.91. The van der Waals surface area contributed by atoms with E-state index >= 15 is 0 Å². The van der Waals surface area contributed by atoms with Crippen molar-refractivity contribution in [3.05, 3.63) is 95.8 Å². The molecule has 33 heavy (non-hydrogen) atoms. The topological polar surface area (TPSA) is 92.2 Å². The lowest BCUT2D eigenvalue weighted by Gasteiger charge is -2.12. The highest BCUT2D eigenvalue weighted by molar-refractivity contribution is 5.98. The largest absolute Gasteiger partial charge is 0.481 e. The predicted octanol–water partition coefficient (Wildman–Crippen LogP) is 5.02. The molecular formula is C27H25N3O3. The molecule has 4 rings (SSSR count). The molecule has 6 heteroatoms. The Morgan fingerprint density at radius 1 is 0.939 bits per heavy atom. The van der Waals surface area contributed by atoms with Crippen LogP contribution >= 0.6 is 0 Å². The van der Waals surface area contributed by atoms with Crippen molar-refractivity contribution < 1.29 is 14.7 Å². The van der Waals surface area contributed by atoms with Gasteiger partial charge in [0.05, 0.1) is 11.2 Å². The van der Waals surface area contributed by atoms with E-state index in [2.05, 4.69) is 16.4 Å². The van der Waals surface area contributed by atoms with E-state index in [1.165, 1.54) is 0 Å². The zero-order chi connectivity index (χ0) is 23.0. The van der Waals surface area contributed by atoms with Gasteiger partial charge in [-0.15, -0.1) is 0 Å². The van der Waals surface area contributed by atoms with Crippen LogP contribution in [0.3, 0.4) is 0 Å². The van der Waals surface area contributed by atoms with Crippen LogP contribution in [0.2, 0.25) is 0 Å².